The van der Waals surface area contributed by atoms with E-state index >= 15 is 0 Å². The third kappa shape index (κ3) is 5.73. The number of rotatable bonds is 8. The van der Waals surface area contributed by atoms with Gasteiger partial charge in [-0.25, -0.2) is 4.98 Å². The second-order valence-electron chi connectivity index (χ2n) is 9.17. The van der Waals surface area contributed by atoms with E-state index in [-0.39, 0.29) is 0 Å². The highest BCUT2D eigenvalue weighted by molar-refractivity contribution is 8.00. The number of hydrogen-bond acceptors (Lipinski definition) is 8. The Morgan fingerprint density at radius 1 is 1.05 bits per heavy atom. The number of ether oxygens (including phenoxy) is 1. The normalized spacial score (nSPS) is 13.6. The highest BCUT2D eigenvalue weighted by Gasteiger charge is 2.19. The third-order valence-corrected chi connectivity index (χ3v) is 7.39. The maximum atomic E-state index is 6.42. The van der Waals surface area contributed by atoms with Crippen LogP contribution in [0.4, 0.5) is 11.6 Å². The maximum absolute atomic E-state index is 6.42. The number of aryl methyl sites for hydroxylation is 2. The zero-order chi connectivity index (χ0) is 25.8. The minimum absolute atomic E-state index is 0.495. The fourth-order valence-electron chi connectivity index (χ4n) is 4.46. The molecule has 37 heavy (non-hydrogen) atoms. The molecule has 1 aliphatic rings. The van der Waals surface area contributed by atoms with Gasteiger partial charge in [0.1, 0.15) is 5.75 Å². The van der Waals surface area contributed by atoms with E-state index < -0.39 is 0 Å². The molecule has 0 unspecified atom stereocenters. The first-order chi connectivity index (χ1) is 18.0. The van der Waals surface area contributed by atoms with Gasteiger partial charge in [0.15, 0.2) is 0 Å². The van der Waals surface area contributed by atoms with E-state index in [1.165, 1.54) is 28.8 Å². The van der Waals surface area contributed by atoms with Crippen LogP contribution in [-0.4, -0.2) is 45.9 Å². The largest absolute Gasteiger partial charge is 0.439 e. The summed E-state index contributed by atoms with van der Waals surface area (Å²) in [5.41, 5.74) is 6.60. The minimum Gasteiger partial charge on any atom is -0.439 e. The van der Waals surface area contributed by atoms with E-state index in [9.17, 15) is 0 Å². The molecule has 1 aliphatic heterocycles. The number of nitrogens with zero attached hydrogens (tertiary/aromatic N) is 5. The summed E-state index contributed by atoms with van der Waals surface area (Å²) in [5, 5.41) is 7.64. The molecule has 0 amide bonds. The van der Waals surface area contributed by atoms with Crippen molar-refractivity contribution in [2.75, 3.05) is 35.8 Å². The molecule has 5 rings (SSSR count). The minimum atomic E-state index is 0.495. The predicted molar refractivity (Wildman–Crippen MR) is 151 cm³/mol. The van der Waals surface area contributed by atoms with Crippen molar-refractivity contribution in [1.29, 1.82) is 0 Å². The van der Waals surface area contributed by atoms with E-state index in [1.54, 1.807) is 10.9 Å². The van der Waals surface area contributed by atoms with Gasteiger partial charge in [-0.15, -0.1) is 0 Å². The molecular weight excluding hydrogens is 482 g/mol. The average Bonchev–Trinajstić information content (AvgIpc) is 3.34. The molecule has 0 spiro atoms. The summed E-state index contributed by atoms with van der Waals surface area (Å²) in [6, 6.07) is 14.6. The molecular formula is C28H33N7OS. The van der Waals surface area contributed by atoms with Gasteiger partial charge < -0.3 is 15.0 Å². The number of benzene rings is 2. The molecule has 0 radical (unpaired) electrons. The van der Waals surface area contributed by atoms with Crippen LogP contribution in [0.5, 0.6) is 11.6 Å². The standard InChI is InChI=1S/C28H33N7OS/c1-5-24-26(25-8-6-7-19(2)20(25)3)31-28(33-37-23-17-30-34(4)18-23)32-27(24)36-22-11-9-21(10-12-22)35-15-13-29-14-16-35/h6-12,17-18,29H,5,13-16H2,1-4H3,(H,31,32,33). The molecule has 2 N–H and O–H groups in total. The Kier molecular flexibility index (Phi) is 7.62. The fraction of sp³-hybridized carbons (Fsp3) is 0.321. The monoisotopic (exact) mass is 515 g/mol. The van der Waals surface area contributed by atoms with Gasteiger partial charge in [-0.2, -0.15) is 10.1 Å². The molecule has 2 aromatic carbocycles. The number of nitrogens with one attached hydrogen (secondary N) is 2. The summed E-state index contributed by atoms with van der Waals surface area (Å²) in [6.45, 7) is 10.4. The summed E-state index contributed by atoms with van der Waals surface area (Å²) in [5.74, 6) is 1.82. The van der Waals surface area contributed by atoms with Crippen molar-refractivity contribution in [2.45, 2.75) is 32.1 Å². The zero-order valence-electron chi connectivity index (χ0n) is 21.8. The molecule has 3 heterocycles. The molecule has 9 heteroatoms. The SMILES string of the molecule is CCc1c(Oc2ccc(N3CCNCC3)cc2)nc(NSc2cnn(C)c2)nc1-c1cccc(C)c1C. The van der Waals surface area contributed by atoms with E-state index in [2.05, 4.69) is 71.1 Å². The van der Waals surface area contributed by atoms with Gasteiger partial charge in [-0.3, -0.25) is 9.40 Å². The van der Waals surface area contributed by atoms with Crippen LogP contribution in [0.25, 0.3) is 11.3 Å². The first kappa shape index (κ1) is 25.1. The summed E-state index contributed by atoms with van der Waals surface area (Å²) in [6.07, 6.45) is 4.50. The Labute approximate surface area is 222 Å². The van der Waals surface area contributed by atoms with Crippen molar-refractivity contribution < 1.29 is 4.74 Å². The van der Waals surface area contributed by atoms with E-state index in [0.29, 0.717) is 11.8 Å². The number of hydrogen-bond donors (Lipinski definition) is 2. The third-order valence-electron chi connectivity index (χ3n) is 6.66. The van der Waals surface area contributed by atoms with Crippen LogP contribution < -0.4 is 19.7 Å². The molecule has 0 atom stereocenters. The Morgan fingerprint density at radius 3 is 2.54 bits per heavy atom. The molecule has 0 bridgehead atoms. The Morgan fingerprint density at radius 2 is 1.84 bits per heavy atom. The van der Waals surface area contributed by atoms with E-state index in [0.717, 1.165) is 60.1 Å². The molecule has 0 aliphatic carbocycles. The van der Waals surface area contributed by atoms with Crippen LogP contribution >= 0.6 is 11.9 Å². The van der Waals surface area contributed by atoms with Crippen molar-refractivity contribution in [1.82, 2.24) is 25.1 Å². The summed E-state index contributed by atoms with van der Waals surface area (Å²) < 4.78 is 11.5. The molecule has 1 fully saturated rings. The van der Waals surface area contributed by atoms with Crippen LogP contribution in [-0.2, 0) is 13.5 Å². The fourth-order valence-corrected chi connectivity index (χ4v) is 5.06. The number of aromatic nitrogens is 4. The molecule has 0 saturated carbocycles. The van der Waals surface area contributed by atoms with Gasteiger partial charge >= 0.3 is 0 Å². The van der Waals surface area contributed by atoms with Crippen LogP contribution in [0.1, 0.15) is 23.6 Å². The molecule has 2 aromatic heterocycles. The van der Waals surface area contributed by atoms with Crippen molar-refractivity contribution >= 4 is 23.6 Å². The summed E-state index contributed by atoms with van der Waals surface area (Å²) in [7, 11) is 1.90. The lowest BCUT2D eigenvalue weighted by atomic mass is 9.97. The topological polar surface area (TPSA) is 80.1 Å². The average molecular weight is 516 g/mol. The molecule has 192 valence electrons. The molecule has 8 nitrogen and oxygen atoms in total. The Hall–Kier alpha value is -3.56. The van der Waals surface area contributed by atoms with Gasteiger partial charge in [0, 0.05) is 56.2 Å². The van der Waals surface area contributed by atoms with Crippen molar-refractivity contribution in [3.63, 3.8) is 0 Å². The van der Waals surface area contributed by atoms with Gasteiger partial charge in [-0.05, 0) is 67.6 Å². The molecule has 4 aromatic rings. The predicted octanol–water partition coefficient (Wildman–Crippen LogP) is 5.38. The number of anilines is 2. The van der Waals surface area contributed by atoms with Gasteiger partial charge in [-0.1, -0.05) is 25.1 Å². The van der Waals surface area contributed by atoms with Crippen LogP contribution in [0, 0.1) is 13.8 Å². The first-order valence-corrected chi connectivity index (χ1v) is 13.5. The van der Waals surface area contributed by atoms with Crippen LogP contribution in [0.15, 0.2) is 59.8 Å². The second kappa shape index (κ2) is 11.2. The van der Waals surface area contributed by atoms with E-state index in [4.69, 9.17) is 14.7 Å². The maximum Gasteiger partial charge on any atom is 0.237 e. The highest BCUT2D eigenvalue weighted by atomic mass is 32.2. The lowest BCUT2D eigenvalue weighted by Gasteiger charge is -2.29. The quantitative estimate of drug-likeness (QED) is 0.303. The Balaban J connectivity index is 1.49. The van der Waals surface area contributed by atoms with Crippen LogP contribution in [0.3, 0.4) is 0 Å². The Bertz CT molecular complexity index is 1360. The first-order valence-electron chi connectivity index (χ1n) is 12.6. The summed E-state index contributed by atoms with van der Waals surface area (Å²) >= 11 is 1.43. The van der Waals surface area contributed by atoms with Crippen LogP contribution in [0.2, 0.25) is 0 Å². The van der Waals surface area contributed by atoms with E-state index in [1.807, 2.05) is 25.4 Å². The number of piperazine rings is 1. The van der Waals surface area contributed by atoms with Gasteiger partial charge in [0.05, 0.1) is 16.8 Å². The lowest BCUT2D eigenvalue weighted by molar-refractivity contribution is 0.456. The van der Waals surface area contributed by atoms with Crippen molar-refractivity contribution in [2.24, 2.45) is 7.05 Å². The smallest absolute Gasteiger partial charge is 0.237 e. The van der Waals surface area contributed by atoms with Gasteiger partial charge in [0.2, 0.25) is 11.8 Å². The zero-order valence-corrected chi connectivity index (χ0v) is 22.6. The summed E-state index contributed by atoms with van der Waals surface area (Å²) in [4.78, 5) is 13.1. The van der Waals surface area contributed by atoms with Crippen molar-refractivity contribution in [3.05, 3.63) is 71.5 Å². The molecule has 1 saturated heterocycles. The second-order valence-corrected chi connectivity index (χ2v) is 10.0. The highest BCUT2D eigenvalue weighted by Crippen LogP contribution is 2.36. The van der Waals surface area contributed by atoms with Gasteiger partial charge in [0.25, 0.3) is 0 Å². The lowest BCUT2D eigenvalue weighted by Crippen LogP contribution is -2.43. The van der Waals surface area contributed by atoms with Crippen molar-refractivity contribution in [3.8, 4) is 22.9 Å².